The third-order valence-corrected chi connectivity index (χ3v) is 53.3. The molecule has 0 aliphatic heterocycles. The van der Waals surface area contributed by atoms with E-state index >= 15 is 0 Å². The summed E-state index contributed by atoms with van der Waals surface area (Å²) in [4.78, 5) is 4.24. The Labute approximate surface area is 287 Å². The minimum absolute atomic E-state index is 0.120. The molecule has 2 aromatic rings. The number of rotatable bonds is 6. The second-order valence-corrected chi connectivity index (χ2v) is 49.2. The molecule has 0 aromatic heterocycles. The molecule has 0 atom stereocenters. The van der Waals surface area contributed by atoms with Gasteiger partial charge in [-0.05, 0) is 0 Å². The van der Waals surface area contributed by atoms with Crippen molar-refractivity contribution in [3.05, 3.63) is 48.5 Å². The van der Waals surface area contributed by atoms with Gasteiger partial charge >= 0.3 is 290 Å². The van der Waals surface area contributed by atoms with Crippen LogP contribution in [0.15, 0.2) is 48.5 Å². The van der Waals surface area contributed by atoms with Crippen molar-refractivity contribution in [1.82, 2.24) is 0 Å². The van der Waals surface area contributed by atoms with Gasteiger partial charge in [0, 0.05) is 0 Å². The first kappa shape index (κ1) is 41.4. The third-order valence-electron chi connectivity index (χ3n) is 7.83. The number of hydrogen-bond donors (Lipinski definition) is 0. The van der Waals surface area contributed by atoms with E-state index in [4.69, 9.17) is 38.1 Å². The molecular weight excluding hydrogens is 829 g/mol. The standard InChI is InChI=1S/2C16H28NP.4ClH.2Pd/c2*1-15(2,3)18(16(4,5)6)14-11-9-13(10-12-14)17(7)8;;;;;;/h2*9-12H,1-8H3;4*1H;;/q;;;;;;2*+1/p-2. The van der Waals surface area contributed by atoms with Gasteiger partial charge in [0.25, 0.3) is 0 Å². The molecule has 0 aliphatic rings. The summed E-state index contributed by atoms with van der Waals surface area (Å²) < 4.78 is 0. The first-order valence-corrected chi connectivity index (χ1v) is 30.5. The van der Waals surface area contributed by atoms with Crippen molar-refractivity contribution in [1.29, 1.82) is 0 Å². The molecular formula is C32H58Cl4N2P2Pd2. The summed E-state index contributed by atoms with van der Waals surface area (Å²) >= 11 is -3.25. The topological polar surface area (TPSA) is 6.48 Å². The minimum atomic E-state index is -2.08. The van der Waals surface area contributed by atoms with Gasteiger partial charge in [-0.3, -0.25) is 0 Å². The molecule has 0 unspecified atom stereocenters. The fraction of sp³-hybridized carbons (Fsp3) is 0.625. The summed E-state index contributed by atoms with van der Waals surface area (Å²) in [7, 11) is 35.2. The van der Waals surface area contributed by atoms with E-state index < -0.39 is 39.3 Å². The van der Waals surface area contributed by atoms with Gasteiger partial charge < -0.3 is 0 Å². The average Bonchev–Trinajstić information content (AvgIpc) is 2.76. The summed E-state index contributed by atoms with van der Waals surface area (Å²) in [5.74, 6) is 0. The Morgan fingerprint density at radius 2 is 0.619 bits per heavy atom. The van der Waals surface area contributed by atoms with Crippen molar-refractivity contribution in [2.75, 3.05) is 38.0 Å². The Morgan fingerprint density at radius 3 is 0.738 bits per heavy atom. The number of benzene rings is 2. The fourth-order valence-electron chi connectivity index (χ4n) is 6.80. The van der Waals surface area contributed by atoms with Crippen molar-refractivity contribution in [3.63, 3.8) is 0 Å². The number of anilines is 2. The van der Waals surface area contributed by atoms with Crippen LogP contribution in [0.1, 0.15) is 83.1 Å². The molecule has 2 nitrogen and oxygen atoms in total. The van der Waals surface area contributed by atoms with Gasteiger partial charge in [-0.2, -0.15) is 0 Å². The van der Waals surface area contributed by atoms with Gasteiger partial charge in [-0.25, -0.2) is 0 Å². The van der Waals surface area contributed by atoms with Crippen molar-refractivity contribution in [3.8, 4) is 0 Å². The van der Waals surface area contributed by atoms with E-state index in [9.17, 15) is 0 Å². The van der Waals surface area contributed by atoms with Crippen LogP contribution in [0.2, 0.25) is 0 Å². The van der Waals surface area contributed by atoms with E-state index in [2.05, 4.69) is 170 Å². The van der Waals surface area contributed by atoms with Crippen LogP contribution in [0.25, 0.3) is 0 Å². The molecule has 0 N–H and O–H groups in total. The molecule has 0 heterocycles. The monoisotopic (exact) mass is 884 g/mol. The number of halogens is 4. The Bertz CT molecular complexity index is 1010. The van der Waals surface area contributed by atoms with Gasteiger partial charge in [0.2, 0.25) is 0 Å². The van der Waals surface area contributed by atoms with Crippen molar-refractivity contribution in [2.24, 2.45) is 0 Å². The molecule has 0 fully saturated rings. The zero-order valence-corrected chi connectivity index (χ0v) is 36.8. The van der Waals surface area contributed by atoms with Crippen molar-refractivity contribution in [2.45, 2.75) is 104 Å². The molecule has 0 saturated carbocycles. The van der Waals surface area contributed by atoms with Gasteiger partial charge in [0.05, 0.1) is 0 Å². The zero-order valence-electron chi connectivity index (χ0n) is 28.7. The average molecular weight is 887 g/mol. The predicted molar refractivity (Wildman–Crippen MR) is 200 cm³/mol. The van der Waals surface area contributed by atoms with Gasteiger partial charge in [-0.1, -0.05) is 0 Å². The third kappa shape index (κ3) is 8.45. The van der Waals surface area contributed by atoms with Crippen LogP contribution in [-0.2, 0) is 28.4 Å². The molecule has 0 amide bonds. The zero-order chi connectivity index (χ0) is 33.3. The van der Waals surface area contributed by atoms with Crippen molar-refractivity contribution >= 4 is 71.0 Å². The van der Waals surface area contributed by atoms with Crippen LogP contribution in [0.5, 0.6) is 0 Å². The Morgan fingerprint density at radius 1 is 0.429 bits per heavy atom. The Hall–Kier alpha value is 1.38. The molecule has 0 aliphatic carbocycles. The second-order valence-electron chi connectivity index (χ2n) is 15.4. The first-order valence-electron chi connectivity index (χ1n) is 14.2. The molecule has 2 aromatic carbocycles. The van der Waals surface area contributed by atoms with E-state index in [1.54, 1.807) is 0 Å². The number of nitrogens with zero attached hydrogens (tertiary/aromatic N) is 2. The quantitative estimate of drug-likeness (QED) is 0.211. The summed E-state index contributed by atoms with van der Waals surface area (Å²) in [5, 5.41) is 3.26. The molecule has 0 bridgehead atoms. The SMILES string of the molecule is CN(C)c1ccc([PH]([Pd]([Cl])[Cl])(C(C)(C)C)C(C)(C)C)cc1.CN(C)c1ccc([PH]([Pd]([Cl])[Cl])(C(C)(C)C)C(C)(C)C)cc1. The molecule has 0 spiro atoms. The maximum absolute atomic E-state index is 6.74. The summed E-state index contributed by atoms with van der Waals surface area (Å²) in [6.07, 6.45) is 0. The fourth-order valence-corrected chi connectivity index (χ4v) is 62.2. The van der Waals surface area contributed by atoms with Crippen LogP contribution in [0.3, 0.4) is 0 Å². The molecule has 42 heavy (non-hydrogen) atoms. The van der Waals surface area contributed by atoms with E-state index in [-0.39, 0.29) is 20.6 Å². The van der Waals surface area contributed by atoms with E-state index in [0.29, 0.717) is 0 Å². The second kappa shape index (κ2) is 15.1. The van der Waals surface area contributed by atoms with E-state index in [1.165, 1.54) is 22.0 Å². The summed E-state index contributed by atoms with van der Waals surface area (Å²) in [6.45, 7) is 27.7. The van der Waals surface area contributed by atoms with Crippen LogP contribution >= 0.6 is 49.0 Å². The van der Waals surface area contributed by atoms with Gasteiger partial charge in [-0.15, -0.1) is 0 Å². The molecule has 10 heteroatoms. The van der Waals surface area contributed by atoms with Crippen molar-refractivity contribution < 1.29 is 28.4 Å². The number of hydrogen-bond acceptors (Lipinski definition) is 2. The Balaban J connectivity index is 0.000000420. The van der Waals surface area contributed by atoms with E-state index in [1.807, 2.05) is 0 Å². The van der Waals surface area contributed by atoms with Crippen LogP contribution in [-0.4, -0.2) is 48.8 Å². The predicted octanol–water partition coefficient (Wildman–Crippen LogP) is 11.1. The van der Waals surface area contributed by atoms with Crippen LogP contribution < -0.4 is 20.4 Å². The Kier molecular flexibility index (Phi) is 14.9. The first-order chi connectivity index (χ1) is 18.7. The summed E-state index contributed by atoms with van der Waals surface area (Å²) in [6, 6.07) is 17.8. The summed E-state index contributed by atoms with van der Waals surface area (Å²) in [5.41, 5.74) is -1.74. The normalized spacial score (nSPS) is 14.9. The van der Waals surface area contributed by atoms with Gasteiger partial charge in [0.1, 0.15) is 0 Å². The molecule has 0 saturated heterocycles. The molecule has 2 rings (SSSR count). The molecule has 0 radical (unpaired) electrons. The van der Waals surface area contributed by atoms with Crippen LogP contribution in [0.4, 0.5) is 11.4 Å². The maximum atomic E-state index is 6.74. The molecule has 254 valence electrons. The van der Waals surface area contributed by atoms with Crippen LogP contribution in [0, 0.1) is 0 Å². The van der Waals surface area contributed by atoms with Gasteiger partial charge in [0.15, 0.2) is 0 Å². The van der Waals surface area contributed by atoms with E-state index in [0.717, 1.165) is 0 Å².